The molecular formula is C16H18ClNO2. The summed E-state index contributed by atoms with van der Waals surface area (Å²) in [5.74, 6) is 0.980. The van der Waals surface area contributed by atoms with Crippen molar-refractivity contribution in [3.8, 4) is 0 Å². The van der Waals surface area contributed by atoms with Crippen LogP contribution in [0.25, 0.3) is 0 Å². The Balaban J connectivity index is 1.47. The van der Waals surface area contributed by atoms with Crippen LogP contribution in [0.2, 0.25) is 5.02 Å². The summed E-state index contributed by atoms with van der Waals surface area (Å²) in [7, 11) is 0. The molecule has 1 aromatic carbocycles. The molecule has 3 rings (SSSR count). The Kier molecular flexibility index (Phi) is 4.41. The number of halogens is 1. The van der Waals surface area contributed by atoms with Crippen molar-refractivity contribution >= 4 is 11.6 Å². The van der Waals surface area contributed by atoms with E-state index >= 15 is 0 Å². The van der Waals surface area contributed by atoms with Crippen LogP contribution in [0.5, 0.6) is 0 Å². The average Bonchev–Trinajstić information content (AvgIpc) is 3.18. The molecule has 4 heteroatoms. The van der Waals surface area contributed by atoms with Gasteiger partial charge in [0, 0.05) is 16.6 Å². The van der Waals surface area contributed by atoms with Gasteiger partial charge in [0.2, 0.25) is 0 Å². The highest BCUT2D eigenvalue weighted by molar-refractivity contribution is 6.30. The van der Waals surface area contributed by atoms with E-state index in [4.69, 9.17) is 20.8 Å². The largest absolute Gasteiger partial charge is 0.468 e. The topological polar surface area (TPSA) is 34.4 Å². The second-order valence-electron chi connectivity index (χ2n) is 5.14. The first-order valence-corrected chi connectivity index (χ1v) is 7.30. The van der Waals surface area contributed by atoms with Crippen LogP contribution in [0.1, 0.15) is 29.7 Å². The Labute approximate surface area is 123 Å². The lowest BCUT2D eigenvalue weighted by molar-refractivity contribution is 0.106. The molecule has 0 radical (unpaired) electrons. The zero-order valence-corrected chi connectivity index (χ0v) is 12.0. The normalized spacial score (nSPS) is 14.7. The highest BCUT2D eigenvalue weighted by Gasteiger charge is 2.21. The highest BCUT2D eigenvalue weighted by atomic mass is 35.5. The predicted molar refractivity (Wildman–Crippen MR) is 78.5 cm³/mol. The summed E-state index contributed by atoms with van der Waals surface area (Å²) in [4.78, 5) is 0. The van der Waals surface area contributed by atoms with Gasteiger partial charge in [-0.2, -0.15) is 0 Å². The van der Waals surface area contributed by atoms with E-state index in [0.29, 0.717) is 19.3 Å². The van der Waals surface area contributed by atoms with Crippen LogP contribution in [0.4, 0.5) is 0 Å². The van der Waals surface area contributed by atoms with Crippen molar-refractivity contribution in [2.75, 3.05) is 0 Å². The Hall–Kier alpha value is -1.29. The van der Waals surface area contributed by atoms with Gasteiger partial charge in [-0.25, -0.2) is 0 Å². The van der Waals surface area contributed by atoms with Gasteiger partial charge in [0.15, 0.2) is 0 Å². The van der Waals surface area contributed by atoms with E-state index in [9.17, 15) is 0 Å². The quantitative estimate of drug-likeness (QED) is 0.840. The third kappa shape index (κ3) is 3.85. The molecule has 0 aliphatic heterocycles. The maximum absolute atomic E-state index is 5.85. The van der Waals surface area contributed by atoms with Crippen LogP contribution in [-0.4, -0.2) is 6.04 Å². The van der Waals surface area contributed by atoms with E-state index in [1.165, 1.54) is 12.8 Å². The molecule has 0 amide bonds. The Morgan fingerprint density at radius 3 is 2.70 bits per heavy atom. The van der Waals surface area contributed by atoms with Gasteiger partial charge in [-0.05, 0) is 36.6 Å². The number of nitrogens with one attached hydrogen (secondary N) is 1. The number of rotatable bonds is 7. The van der Waals surface area contributed by atoms with Crippen LogP contribution in [0.15, 0.2) is 41.0 Å². The minimum Gasteiger partial charge on any atom is -0.468 e. The van der Waals surface area contributed by atoms with Gasteiger partial charge in [-0.1, -0.05) is 23.7 Å². The van der Waals surface area contributed by atoms with Gasteiger partial charge >= 0.3 is 0 Å². The molecule has 1 heterocycles. The summed E-state index contributed by atoms with van der Waals surface area (Å²) < 4.78 is 11.2. The molecule has 0 saturated heterocycles. The van der Waals surface area contributed by atoms with Crippen LogP contribution in [0.3, 0.4) is 0 Å². The third-order valence-electron chi connectivity index (χ3n) is 3.41. The molecule has 0 atom stereocenters. The summed E-state index contributed by atoms with van der Waals surface area (Å²) in [5, 5.41) is 4.20. The van der Waals surface area contributed by atoms with Gasteiger partial charge in [-0.3, -0.25) is 0 Å². The van der Waals surface area contributed by atoms with E-state index in [0.717, 1.165) is 28.5 Å². The minimum absolute atomic E-state index is 0.570. The second kappa shape index (κ2) is 6.44. The number of hydrogen-bond donors (Lipinski definition) is 1. The Morgan fingerprint density at radius 1 is 1.15 bits per heavy atom. The van der Waals surface area contributed by atoms with Crippen LogP contribution >= 0.6 is 11.6 Å². The van der Waals surface area contributed by atoms with E-state index in [2.05, 4.69) is 5.32 Å². The highest BCUT2D eigenvalue weighted by Crippen LogP contribution is 2.20. The first-order valence-electron chi connectivity index (χ1n) is 6.92. The standard InChI is InChI=1S/C16H18ClNO2/c17-14-3-1-12(2-4-14)10-19-11-13-7-8-20-16(13)9-18-15-5-6-15/h1-4,7-8,15,18H,5-6,9-11H2. The number of benzene rings is 1. The molecule has 3 nitrogen and oxygen atoms in total. The molecule has 1 N–H and O–H groups in total. The molecule has 2 aromatic rings. The molecule has 106 valence electrons. The summed E-state index contributed by atoms with van der Waals surface area (Å²) >= 11 is 5.85. The number of ether oxygens (including phenoxy) is 1. The lowest BCUT2D eigenvalue weighted by Gasteiger charge is -2.06. The van der Waals surface area contributed by atoms with Crippen LogP contribution in [0, 0.1) is 0 Å². The number of furan rings is 1. The van der Waals surface area contributed by atoms with Crippen molar-refractivity contribution in [3.05, 3.63) is 58.5 Å². The van der Waals surface area contributed by atoms with Crippen LogP contribution < -0.4 is 5.32 Å². The molecule has 0 unspecified atom stereocenters. The summed E-state index contributed by atoms with van der Waals surface area (Å²) in [6.07, 6.45) is 4.29. The van der Waals surface area contributed by atoms with Crippen LogP contribution in [-0.2, 0) is 24.5 Å². The van der Waals surface area contributed by atoms with Crippen molar-refractivity contribution in [2.45, 2.75) is 38.6 Å². The smallest absolute Gasteiger partial charge is 0.123 e. The van der Waals surface area contributed by atoms with E-state index in [1.807, 2.05) is 30.3 Å². The van der Waals surface area contributed by atoms with E-state index in [1.54, 1.807) is 6.26 Å². The van der Waals surface area contributed by atoms with Crippen molar-refractivity contribution in [1.29, 1.82) is 0 Å². The summed E-state index contributed by atoms with van der Waals surface area (Å²) in [5.41, 5.74) is 2.24. The maximum atomic E-state index is 5.85. The van der Waals surface area contributed by atoms with Gasteiger partial charge in [0.05, 0.1) is 26.0 Å². The minimum atomic E-state index is 0.570. The lowest BCUT2D eigenvalue weighted by Crippen LogP contribution is -2.15. The maximum Gasteiger partial charge on any atom is 0.123 e. The Bertz CT molecular complexity index is 546. The molecule has 1 aliphatic carbocycles. The van der Waals surface area contributed by atoms with Crippen molar-refractivity contribution < 1.29 is 9.15 Å². The SMILES string of the molecule is Clc1ccc(COCc2ccoc2CNC2CC2)cc1. The first-order chi connectivity index (χ1) is 9.81. The first kappa shape index (κ1) is 13.7. The predicted octanol–water partition coefficient (Wildman–Crippen LogP) is 3.90. The van der Waals surface area contributed by atoms with E-state index in [-0.39, 0.29) is 0 Å². The van der Waals surface area contributed by atoms with Gasteiger partial charge in [0.1, 0.15) is 5.76 Å². The van der Waals surface area contributed by atoms with Gasteiger partial charge < -0.3 is 14.5 Å². The fourth-order valence-corrected chi connectivity index (χ4v) is 2.16. The Morgan fingerprint density at radius 2 is 1.95 bits per heavy atom. The molecule has 1 fully saturated rings. The third-order valence-corrected chi connectivity index (χ3v) is 3.66. The van der Waals surface area contributed by atoms with Gasteiger partial charge in [-0.15, -0.1) is 0 Å². The van der Waals surface area contributed by atoms with Crippen molar-refractivity contribution in [1.82, 2.24) is 5.32 Å². The number of hydrogen-bond acceptors (Lipinski definition) is 3. The average molecular weight is 292 g/mol. The zero-order chi connectivity index (χ0) is 13.8. The zero-order valence-electron chi connectivity index (χ0n) is 11.3. The molecular weight excluding hydrogens is 274 g/mol. The summed E-state index contributed by atoms with van der Waals surface area (Å²) in [6.45, 7) is 1.94. The molecule has 20 heavy (non-hydrogen) atoms. The lowest BCUT2D eigenvalue weighted by atomic mass is 10.2. The molecule has 0 spiro atoms. The molecule has 1 aliphatic rings. The van der Waals surface area contributed by atoms with Gasteiger partial charge in [0.25, 0.3) is 0 Å². The summed E-state index contributed by atoms with van der Waals surface area (Å²) in [6, 6.07) is 10.4. The van der Waals surface area contributed by atoms with Crippen molar-refractivity contribution in [2.24, 2.45) is 0 Å². The van der Waals surface area contributed by atoms with Crippen molar-refractivity contribution in [3.63, 3.8) is 0 Å². The molecule has 0 bridgehead atoms. The second-order valence-corrected chi connectivity index (χ2v) is 5.58. The fraction of sp³-hybridized carbons (Fsp3) is 0.375. The van der Waals surface area contributed by atoms with E-state index < -0.39 is 0 Å². The molecule has 1 aromatic heterocycles. The monoisotopic (exact) mass is 291 g/mol. The fourth-order valence-electron chi connectivity index (χ4n) is 2.03. The molecule has 1 saturated carbocycles.